The average Bonchev–Trinajstić information content (AvgIpc) is 3.13. The van der Waals surface area contributed by atoms with Crippen molar-refractivity contribution < 1.29 is 19.1 Å². The Labute approximate surface area is 163 Å². The van der Waals surface area contributed by atoms with E-state index >= 15 is 0 Å². The smallest absolute Gasteiger partial charge is 0.308 e. The summed E-state index contributed by atoms with van der Waals surface area (Å²) in [6, 6.07) is 7.65. The fraction of sp³-hybridized carbons (Fsp3) is 0.550. The number of carbonyl (C=O) groups excluding carboxylic acids is 3. The maximum atomic E-state index is 12.5. The van der Waals surface area contributed by atoms with Crippen LogP contribution in [0.15, 0.2) is 29.2 Å². The first kappa shape index (κ1) is 19.7. The number of amides is 2. The van der Waals surface area contributed by atoms with Crippen LogP contribution in [-0.4, -0.2) is 35.2 Å². The van der Waals surface area contributed by atoms with Crippen molar-refractivity contribution >= 4 is 35.2 Å². The van der Waals surface area contributed by atoms with Crippen LogP contribution in [0.5, 0.6) is 0 Å². The number of rotatable bonds is 6. The molecule has 0 radical (unpaired) electrons. The van der Waals surface area contributed by atoms with Gasteiger partial charge in [0.25, 0.3) is 5.91 Å². The van der Waals surface area contributed by atoms with Gasteiger partial charge in [-0.1, -0.05) is 38.8 Å². The molecule has 1 aliphatic heterocycles. The second-order valence-electron chi connectivity index (χ2n) is 7.44. The van der Waals surface area contributed by atoms with E-state index in [1.807, 2.05) is 38.1 Å². The molecule has 0 aromatic heterocycles. The van der Waals surface area contributed by atoms with Gasteiger partial charge < -0.3 is 15.4 Å². The van der Waals surface area contributed by atoms with Gasteiger partial charge in [-0.3, -0.25) is 14.4 Å². The summed E-state index contributed by atoms with van der Waals surface area (Å²) in [5.74, 6) is -1.12. The summed E-state index contributed by atoms with van der Waals surface area (Å²) in [6.07, 6.45) is 3.29. The van der Waals surface area contributed by atoms with Crippen LogP contribution in [0.25, 0.3) is 0 Å². The molecular formula is C20H26N2O4S. The SMILES string of the molecule is CC(C)C(OC(=O)CC1Sc2ccccc2NC1=O)C(=O)NC1CCCC1. The zero-order chi connectivity index (χ0) is 19.4. The number of hydrogen-bond acceptors (Lipinski definition) is 5. The first-order valence-corrected chi connectivity index (χ1v) is 10.4. The number of benzene rings is 1. The quantitative estimate of drug-likeness (QED) is 0.729. The van der Waals surface area contributed by atoms with Gasteiger partial charge in [-0.2, -0.15) is 0 Å². The summed E-state index contributed by atoms with van der Waals surface area (Å²) < 4.78 is 5.48. The molecular weight excluding hydrogens is 364 g/mol. The highest BCUT2D eigenvalue weighted by Crippen LogP contribution is 2.36. The lowest BCUT2D eigenvalue weighted by atomic mass is 10.1. The van der Waals surface area contributed by atoms with E-state index in [4.69, 9.17) is 4.74 Å². The van der Waals surface area contributed by atoms with Gasteiger partial charge in [0, 0.05) is 10.9 Å². The monoisotopic (exact) mass is 390 g/mol. The average molecular weight is 391 g/mol. The second kappa shape index (κ2) is 8.78. The van der Waals surface area contributed by atoms with Crippen LogP contribution in [0.4, 0.5) is 5.69 Å². The van der Waals surface area contributed by atoms with Gasteiger partial charge in [0.1, 0.15) is 0 Å². The second-order valence-corrected chi connectivity index (χ2v) is 8.69. The molecule has 1 heterocycles. The Bertz CT molecular complexity index is 716. The number of esters is 1. The third-order valence-electron chi connectivity index (χ3n) is 4.88. The summed E-state index contributed by atoms with van der Waals surface area (Å²) in [5.41, 5.74) is 0.758. The zero-order valence-corrected chi connectivity index (χ0v) is 16.5. The van der Waals surface area contributed by atoms with Crippen molar-refractivity contribution in [1.29, 1.82) is 0 Å². The van der Waals surface area contributed by atoms with Gasteiger partial charge in [-0.05, 0) is 30.9 Å². The summed E-state index contributed by atoms with van der Waals surface area (Å²) in [4.78, 5) is 38.1. The predicted octanol–water partition coefficient (Wildman–Crippen LogP) is 3.12. The Hall–Kier alpha value is -2.02. The third-order valence-corrected chi connectivity index (χ3v) is 6.16. The Morgan fingerprint density at radius 1 is 1.26 bits per heavy atom. The van der Waals surface area contributed by atoms with Crippen molar-refractivity contribution in [3.8, 4) is 0 Å². The van der Waals surface area contributed by atoms with Gasteiger partial charge in [0.15, 0.2) is 6.10 Å². The number of ether oxygens (including phenoxy) is 1. The molecule has 2 amide bonds. The van der Waals surface area contributed by atoms with E-state index in [0.29, 0.717) is 0 Å². The lowest BCUT2D eigenvalue weighted by Gasteiger charge is -2.26. The number of hydrogen-bond donors (Lipinski definition) is 2. The van der Waals surface area contributed by atoms with Crippen LogP contribution in [0.1, 0.15) is 46.0 Å². The van der Waals surface area contributed by atoms with E-state index in [1.165, 1.54) is 11.8 Å². The predicted molar refractivity (Wildman–Crippen MR) is 104 cm³/mol. The van der Waals surface area contributed by atoms with E-state index in [-0.39, 0.29) is 30.2 Å². The van der Waals surface area contributed by atoms with Gasteiger partial charge >= 0.3 is 5.97 Å². The molecule has 146 valence electrons. The van der Waals surface area contributed by atoms with E-state index < -0.39 is 17.3 Å². The fourth-order valence-corrected chi connectivity index (χ4v) is 4.51. The van der Waals surface area contributed by atoms with Gasteiger partial charge in [-0.25, -0.2) is 0 Å². The number of para-hydroxylation sites is 1. The van der Waals surface area contributed by atoms with Crippen molar-refractivity contribution in [2.75, 3.05) is 5.32 Å². The molecule has 7 heteroatoms. The maximum Gasteiger partial charge on any atom is 0.308 e. The van der Waals surface area contributed by atoms with E-state index in [0.717, 1.165) is 36.3 Å². The summed E-state index contributed by atoms with van der Waals surface area (Å²) in [7, 11) is 0. The van der Waals surface area contributed by atoms with Crippen molar-refractivity contribution in [1.82, 2.24) is 5.32 Å². The molecule has 1 aromatic rings. The molecule has 27 heavy (non-hydrogen) atoms. The highest BCUT2D eigenvalue weighted by Gasteiger charge is 2.33. The van der Waals surface area contributed by atoms with Crippen molar-refractivity contribution in [3.05, 3.63) is 24.3 Å². The molecule has 1 aromatic carbocycles. The molecule has 2 unspecified atom stereocenters. The summed E-state index contributed by atoms with van der Waals surface area (Å²) in [5, 5.41) is 5.25. The molecule has 2 atom stereocenters. The minimum absolute atomic E-state index is 0.0647. The Morgan fingerprint density at radius 2 is 1.96 bits per heavy atom. The number of thioether (sulfide) groups is 1. The van der Waals surface area contributed by atoms with E-state index in [2.05, 4.69) is 10.6 Å². The van der Waals surface area contributed by atoms with Crippen LogP contribution in [0.3, 0.4) is 0 Å². The normalized spacial score (nSPS) is 20.7. The summed E-state index contributed by atoms with van der Waals surface area (Å²) in [6.45, 7) is 3.70. The number of carbonyl (C=O) groups is 3. The van der Waals surface area contributed by atoms with Gasteiger partial charge in [0.2, 0.25) is 5.91 Å². The molecule has 3 rings (SSSR count). The Balaban J connectivity index is 1.57. The minimum Gasteiger partial charge on any atom is -0.452 e. The van der Waals surface area contributed by atoms with Crippen LogP contribution in [0.2, 0.25) is 0 Å². The highest BCUT2D eigenvalue weighted by molar-refractivity contribution is 8.01. The molecule has 0 spiro atoms. The lowest BCUT2D eigenvalue weighted by Crippen LogP contribution is -2.45. The number of nitrogens with one attached hydrogen (secondary N) is 2. The fourth-order valence-electron chi connectivity index (χ4n) is 3.41. The van der Waals surface area contributed by atoms with E-state index in [1.54, 1.807) is 0 Å². The van der Waals surface area contributed by atoms with Crippen molar-refractivity contribution in [3.63, 3.8) is 0 Å². The van der Waals surface area contributed by atoms with Gasteiger partial charge in [-0.15, -0.1) is 11.8 Å². The molecule has 6 nitrogen and oxygen atoms in total. The van der Waals surface area contributed by atoms with Crippen LogP contribution < -0.4 is 10.6 Å². The molecule has 1 saturated carbocycles. The van der Waals surface area contributed by atoms with Crippen molar-refractivity contribution in [2.24, 2.45) is 5.92 Å². The molecule has 1 fully saturated rings. The standard InChI is InChI=1S/C20H26N2O4S/c1-12(2)18(20(25)21-13-7-3-4-8-13)26-17(23)11-16-19(24)22-14-9-5-6-10-15(14)27-16/h5-6,9-10,12-13,16,18H,3-4,7-8,11H2,1-2H3,(H,21,25)(H,22,24). The Morgan fingerprint density at radius 3 is 2.67 bits per heavy atom. The van der Waals surface area contributed by atoms with Crippen molar-refractivity contribution in [2.45, 2.75) is 68.2 Å². The zero-order valence-electron chi connectivity index (χ0n) is 15.7. The highest BCUT2D eigenvalue weighted by atomic mass is 32.2. The maximum absolute atomic E-state index is 12.5. The Kier molecular flexibility index (Phi) is 6.42. The third kappa shape index (κ3) is 5.03. The van der Waals surface area contributed by atoms with Crippen LogP contribution in [0, 0.1) is 5.92 Å². The summed E-state index contributed by atoms with van der Waals surface area (Å²) >= 11 is 1.35. The lowest BCUT2D eigenvalue weighted by molar-refractivity contribution is -0.159. The molecule has 2 N–H and O–H groups in total. The molecule has 2 aliphatic rings. The van der Waals surface area contributed by atoms with Crippen LogP contribution >= 0.6 is 11.8 Å². The minimum atomic E-state index is -0.831. The largest absolute Gasteiger partial charge is 0.452 e. The van der Waals surface area contributed by atoms with E-state index in [9.17, 15) is 14.4 Å². The molecule has 0 bridgehead atoms. The first-order valence-electron chi connectivity index (χ1n) is 9.50. The molecule has 1 aliphatic carbocycles. The first-order chi connectivity index (χ1) is 12.9. The van der Waals surface area contributed by atoms with Crippen LogP contribution in [-0.2, 0) is 19.1 Å². The molecule has 0 saturated heterocycles. The topological polar surface area (TPSA) is 84.5 Å². The number of anilines is 1. The van der Waals surface area contributed by atoms with Gasteiger partial charge in [0.05, 0.1) is 17.4 Å². The number of fused-ring (bicyclic) bond motifs is 1.